The van der Waals surface area contributed by atoms with Crippen molar-refractivity contribution in [2.75, 3.05) is 19.8 Å². The first-order valence-corrected chi connectivity index (χ1v) is 11.8. The van der Waals surface area contributed by atoms with Crippen LogP contribution < -0.4 is 15.0 Å². The molecule has 1 spiro atoms. The molecule has 1 saturated carbocycles. The molecule has 1 amide bonds. The van der Waals surface area contributed by atoms with Crippen molar-refractivity contribution >= 4 is 16.8 Å². The molecule has 0 saturated heterocycles. The standard InChI is InChI=1S/C27H28N2O4/c1-16-11-25(30)28-22-12-18(5-6-19(16)22)26(31)29-15-27(7-3-4-8-27)21-14-24-23(32-9-10-33-24)13-20(21)17(29)2/h5-6,11-14,17H,3-4,7-10,15H2,1-2H3,(H,28,30). The van der Waals surface area contributed by atoms with Crippen LogP contribution in [-0.4, -0.2) is 35.5 Å². The van der Waals surface area contributed by atoms with Crippen LogP contribution in [0.4, 0.5) is 0 Å². The molecule has 0 bridgehead atoms. The number of carbonyl (C=O) groups excluding carboxylic acids is 1. The van der Waals surface area contributed by atoms with Gasteiger partial charge in [0.15, 0.2) is 11.5 Å². The molecule has 1 atom stereocenters. The number of nitrogens with zero attached hydrogens (tertiary/aromatic N) is 1. The van der Waals surface area contributed by atoms with Crippen molar-refractivity contribution in [1.82, 2.24) is 9.88 Å². The van der Waals surface area contributed by atoms with Crippen molar-refractivity contribution in [2.45, 2.75) is 51.0 Å². The van der Waals surface area contributed by atoms with Gasteiger partial charge in [-0.1, -0.05) is 18.9 Å². The van der Waals surface area contributed by atoms with Crippen molar-refractivity contribution < 1.29 is 14.3 Å². The maximum Gasteiger partial charge on any atom is 0.254 e. The van der Waals surface area contributed by atoms with Crippen molar-refractivity contribution in [1.29, 1.82) is 0 Å². The van der Waals surface area contributed by atoms with Crippen LogP contribution in [0.15, 0.2) is 41.2 Å². The number of fused-ring (bicyclic) bond motifs is 4. The molecule has 1 aromatic heterocycles. The molecule has 33 heavy (non-hydrogen) atoms. The Morgan fingerprint density at radius 1 is 1.06 bits per heavy atom. The predicted molar refractivity (Wildman–Crippen MR) is 126 cm³/mol. The van der Waals surface area contributed by atoms with E-state index in [1.54, 1.807) is 6.07 Å². The highest BCUT2D eigenvalue weighted by atomic mass is 16.6. The third kappa shape index (κ3) is 3.15. The first-order valence-electron chi connectivity index (χ1n) is 11.8. The number of carbonyl (C=O) groups is 1. The molecule has 170 valence electrons. The lowest BCUT2D eigenvalue weighted by Crippen LogP contribution is -2.48. The summed E-state index contributed by atoms with van der Waals surface area (Å²) < 4.78 is 11.8. The van der Waals surface area contributed by atoms with Gasteiger partial charge in [-0.25, -0.2) is 0 Å². The van der Waals surface area contributed by atoms with Gasteiger partial charge in [-0.2, -0.15) is 0 Å². The smallest absolute Gasteiger partial charge is 0.254 e. The summed E-state index contributed by atoms with van der Waals surface area (Å²) in [6.45, 7) is 5.83. The normalized spacial score (nSPS) is 20.8. The second-order valence-electron chi connectivity index (χ2n) is 9.76. The largest absolute Gasteiger partial charge is 0.486 e. The van der Waals surface area contributed by atoms with Crippen LogP contribution in [0.3, 0.4) is 0 Å². The fourth-order valence-electron chi connectivity index (χ4n) is 6.09. The number of ether oxygens (including phenoxy) is 2. The van der Waals surface area contributed by atoms with Crippen molar-refractivity contribution in [3.63, 3.8) is 0 Å². The first kappa shape index (κ1) is 20.3. The quantitative estimate of drug-likeness (QED) is 0.594. The molecule has 0 radical (unpaired) electrons. The van der Waals surface area contributed by atoms with Crippen LogP contribution in [0, 0.1) is 6.92 Å². The average molecular weight is 445 g/mol. The second-order valence-corrected chi connectivity index (χ2v) is 9.76. The third-order valence-corrected chi connectivity index (χ3v) is 7.79. The highest BCUT2D eigenvalue weighted by Crippen LogP contribution is 2.52. The lowest BCUT2D eigenvalue weighted by molar-refractivity contribution is 0.0593. The van der Waals surface area contributed by atoms with Gasteiger partial charge in [0.1, 0.15) is 13.2 Å². The van der Waals surface area contributed by atoms with Gasteiger partial charge in [-0.3, -0.25) is 9.59 Å². The zero-order valence-electron chi connectivity index (χ0n) is 19.1. The SMILES string of the molecule is Cc1cc(=O)[nH]c2cc(C(=O)N3CC4(CCCC4)c4cc5c(cc4C3C)OCCO5)ccc12. The molecule has 1 fully saturated rings. The van der Waals surface area contributed by atoms with Gasteiger partial charge in [0.05, 0.1) is 6.04 Å². The number of aromatic amines is 1. The van der Waals surface area contributed by atoms with Crippen LogP contribution >= 0.6 is 0 Å². The van der Waals surface area contributed by atoms with Crippen molar-refractivity contribution in [2.24, 2.45) is 0 Å². The molecule has 2 aliphatic heterocycles. The van der Waals surface area contributed by atoms with E-state index in [-0.39, 0.29) is 22.9 Å². The second kappa shape index (κ2) is 7.37. The number of nitrogens with one attached hydrogen (secondary N) is 1. The number of pyridine rings is 1. The minimum Gasteiger partial charge on any atom is -0.486 e. The van der Waals surface area contributed by atoms with E-state index in [1.165, 1.54) is 18.4 Å². The Labute approximate surface area is 192 Å². The van der Waals surface area contributed by atoms with Gasteiger partial charge in [0, 0.05) is 34.5 Å². The summed E-state index contributed by atoms with van der Waals surface area (Å²) >= 11 is 0. The monoisotopic (exact) mass is 444 g/mol. The Kier molecular flexibility index (Phi) is 4.54. The molecule has 3 aromatic rings. The highest BCUT2D eigenvalue weighted by Gasteiger charge is 2.46. The zero-order chi connectivity index (χ0) is 22.7. The Balaban J connectivity index is 1.44. The molecule has 3 heterocycles. The number of hydrogen-bond donors (Lipinski definition) is 1. The van der Waals surface area contributed by atoms with E-state index in [9.17, 15) is 9.59 Å². The molecule has 6 rings (SSSR count). The Morgan fingerprint density at radius 3 is 2.55 bits per heavy atom. The zero-order valence-corrected chi connectivity index (χ0v) is 19.1. The average Bonchev–Trinajstić information content (AvgIpc) is 3.29. The lowest BCUT2D eigenvalue weighted by atomic mass is 9.71. The maximum atomic E-state index is 13.8. The number of amides is 1. The van der Waals surface area contributed by atoms with E-state index in [0.29, 0.717) is 30.8 Å². The van der Waals surface area contributed by atoms with Crippen molar-refractivity contribution in [3.05, 3.63) is 69.0 Å². The topological polar surface area (TPSA) is 71.6 Å². The minimum absolute atomic E-state index is 0.00132. The molecule has 6 nitrogen and oxygen atoms in total. The van der Waals surface area contributed by atoms with Gasteiger partial charge in [-0.15, -0.1) is 0 Å². The predicted octanol–water partition coefficient (Wildman–Crippen LogP) is 4.64. The van der Waals surface area contributed by atoms with E-state index < -0.39 is 0 Å². The van der Waals surface area contributed by atoms with Gasteiger partial charge in [0.25, 0.3) is 5.91 Å². The van der Waals surface area contributed by atoms with Crippen LogP contribution in [-0.2, 0) is 5.41 Å². The lowest BCUT2D eigenvalue weighted by Gasteiger charge is -2.46. The van der Waals surface area contributed by atoms with Crippen LogP contribution in [0.25, 0.3) is 10.9 Å². The molecule has 1 aliphatic carbocycles. The van der Waals surface area contributed by atoms with E-state index in [2.05, 4.69) is 24.0 Å². The molecular weight excluding hydrogens is 416 g/mol. The van der Waals surface area contributed by atoms with Gasteiger partial charge in [-0.05, 0) is 67.6 Å². The molecule has 6 heteroatoms. The van der Waals surface area contributed by atoms with Crippen LogP contribution in [0.2, 0.25) is 0 Å². The van der Waals surface area contributed by atoms with Crippen LogP contribution in [0.5, 0.6) is 11.5 Å². The van der Waals surface area contributed by atoms with Gasteiger partial charge < -0.3 is 19.4 Å². The fraction of sp³-hybridized carbons (Fsp3) is 0.407. The molecule has 2 aromatic carbocycles. The molecule has 1 unspecified atom stereocenters. The number of hydrogen-bond acceptors (Lipinski definition) is 4. The summed E-state index contributed by atoms with van der Waals surface area (Å²) in [7, 11) is 0. The Hall–Kier alpha value is -3.28. The third-order valence-electron chi connectivity index (χ3n) is 7.79. The number of rotatable bonds is 1. The number of aromatic nitrogens is 1. The van der Waals surface area contributed by atoms with E-state index in [4.69, 9.17) is 9.47 Å². The van der Waals surface area contributed by atoms with Crippen molar-refractivity contribution in [3.8, 4) is 11.5 Å². The van der Waals surface area contributed by atoms with E-state index in [0.717, 1.165) is 40.9 Å². The number of H-pyrrole nitrogens is 1. The summed E-state index contributed by atoms with van der Waals surface area (Å²) in [5.41, 5.74) is 4.49. The van der Waals surface area contributed by atoms with Gasteiger partial charge >= 0.3 is 0 Å². The van der Waals surface area contributed by atoms with Gasteiger partial charge in [0.2, 0.25) is 5.56 Å². The molecule has 1 N–H and O–H groups in total. The molecular formula is C27H28N2O4. The molecule has 3 aliphatic rings. The summed E-state index contributed by atoms with van der Waals surface area (Å²) in [6, 6.07) is 11.4. The van der Waals surface area contributed by atoms with Crippen LogP contribution in [0.1, 0.15) is 65.7 Å². The number of aryl methyl sites for hydroxylation is 1. The maximum absolute atomic E-state index is 13.8. The Morgan fingerprint density at radius 2 is 1.79 bits per heavy atom. The minimum atomic E-state index is -0.151. The summed E-state index contributed by atoms with van der Waals surface area (Å²) in [6.07, 6.45) is 4.47. The Bertz CT molecular complexity index is 1340. The number of benzene rings is 2. The summed E-state index contributed by atoms with van der Waals surface area (Å²) in [5, 5.41) is 0.958. The fourth-order valence-corrected chi connectivity index (χ4v) is 6.09. The summed E-state index contributed by atoms with van der Waals surface area (Å²) in [4.78, 5) is 30.7. The summed E-state index contributed by atoms with van der Waals surface area (Å²) in [5.74, 6) is 1.60. The first-order chi connectivity index (χ1) is 15.9. The van der Waals surface area contributed by atoms with E-state index in [1.807, 2.05) is 30.0 Å². The highest BCUT2D eigenvalue weighted by molar-refractivity contribution is 5.98. The van der Waals surface area contributed by atoms with E-state index >= 15 is 0 Å².